The topological polar surface area (TPSA) is 44.1 Å². The third kappa shape index (κ3) is 2.91. The number of carbonyl (C=O) groups is 1. The van der Waals surface area contributed by atoms with Crippen molar-refractivity contribution in [1.29, 1.82) is 0 Å². The average molecular weight is 292 g/mol. The van der Waals surface area contributed by atoms with E-state index in [9.17, 15) is 4.79 Å². The number of rotatable bonds is 5. The molecular formula is C18H16N2O2. The predicted molar refractivity (Wildman–Crippen MR) is 84.8 cm³/mol. The lowest BCUT2D eigenvalue weighted by atomic mass is 10.1. The molecule has 1 heterocycles. The van der Waals surface area contributed by atoms with Crippen LogP contribution in [0.15, 0.2) is 60.7 Å². The second-order valence-electron chi connectivity index (χ2n) is 4.95. The number of nitrogens with zero attached hydrogens (tertiary/aromatic N) is 2. The van der Waals surface area contributed by atoms with E-state index in [1.807, 2.05) is 48.5 Å². The van der Waals surface area contributed by atoms with Gasteiger partial charge in [-0.2, -0.15) is 5.10 Å². The van der Waals surface area contributed by atoms with Crippen molar-refractivity contribution < 1.29 is 9.53 Å². The van der Waals surface area contributed by atoms with Crippen molar-refractivity contribution in [2.45, 2.75) is 6.42 Å². The van der Waals surface area contributed by atoms with E-state index < -0.39 is 0 Å². The summed E-state index contributed by atoms with van der Waals surface area (Å²) in [6.45, 7) is 0. The van der Waals surface area contributed by atoms with Crippen LogP contribution in [-0.2, 0) is 6.42 Å². The Morgan fingerprint density at radius 1 is 1.09 bits per heavy atom. The molecule has 110 valence electrons. The molecule has 0 spiro atoms. The Morgan fingerprint density at radius 2 is 1.82 bits per heavy atom. The Bertz CT molecular complexity index is 762. The lowest BCUT2D eigenvalue weighted by Gasteiger charge is -2.08. The quantitative estimate of drug-likeness (QED) is 0.678. The first-order valence-corrected chi connectivity index (χ1v) is 7.02. The van der Waals surface area contributed by atoms with Crippen LogP contribution in [0.1, 0.15) is 21.7 Å². The van der Waals surface area contributed by atoms with Crippen molar-refractivity contribution in [3.63, 3.8) is 0 Å². The van der Waals surface area contributed by atoms with Crippen LogP contribution in [0.4, 0.5) is 0 Å². The smallest absolute Gasteiger partial charge is 0.170 e. The SMILES string of the molecule is COc1ccc(-n2nc(C=O)cc2Cc2ccccc2)cc1. The number of hydrogen-bond donors (Lipinski definition) is 0. The lowest BCUT2D eigenvalue weighted by molar-refractivity contribution is 0.111. The predicted octanol–water partition coefficient (Wildman–Crippen LogP) is 3.28. The molecule has 0 N–H and O–H groups in total. The van der Waals surface area contributed by atoms with Gasteiger partial charge >= 0.3 is 0 Å². The van der Waals surface area contributed by atoms with Gasteiger partial charge in [0.2, 0.25) is 0 Å². The van der Waals surface area contributed by atoms with Crippen LogP contribution >= 0.6 is 0 Å². The van der Waals surface area contributed by atoms with Crippen molar-refractivity contribution in [3.8, 4) is 11.4 Å². The van der Waals surface area contributed by atoms with Gasteiger partial charge in [0.05, 0.1) is 12.8 Å². The number of aromatic nitrogens is 2. The van der Waals surface area contributed by atoms with E-state index in [0.29, 0.717) is 12.1 Å². The summed E-state index contributed by atoms with van der Waals surface area (Å²) in [7, 11) is 1.63. The fourth-order valence-corrected chi connectivity index (χ4v) is 2.38. The molecule has 0 unspecified atom stereocenters. The van der Waals surface area contributed by atoms with Gasteiger partial charge in [-0.25, -0.2) is 4.68 Å². The van der Waals surface area contributed by atoms with Gasteiger partial charge in [-0.3, -0.25) is 4.79 Å². The molecule has 0 saturated heterocycles. The molecular weight excluding hydrogens is 276 g/mol. The molecule has 0 bridgehead atoms. The minimum atomic E-state index is 0.432. The van der Waals surface area contributed by atoms with Gasteiger partial charge in [0.25, 0.3) is 0 Å². The summed E-state index contributed by atoms with van der Waals surface area (Å²) in [6.07, 6.45) is 1.49. The minimum absolute atomic E-state index is 0.432. The van der Waals surface area contributed by atoms with E-state index in [0.717, 1.165) is 23.4 Å². The number of ether oxygens (including phenoxy) is 1. The first-order chi connectivity index (χ1) is 10.8. The van der Waals surface area contributed by atoms with Crippen LogP contribution in [0.2, 0.25) is 0 Å². The van der Waals surface area contributed by atoms with E-state index in [2.05, 4.69) is 17.2 Å². The highest BCUT2D eigenvalue weighted by atomic mass is 16.5. The molecule has 0 atom stereocenters. The van der Waals surface area contributed by atoms with Crippen LogP contribution in [0, 0.1) is 0 Å². The van der Waals surface area contributed by atoms with Gasteiger partial charge < -0.3 is 4.74 Å². The summed E-state index contributed by atoms with van der Waals surface area (Å²) >= 11 is 0. The Morgan fingerprint density at radius 3 is 2.45 bits per heavy atom. The summed E-state index contributed by atoms with van der Waals surface area (Å²) in [6, 6.07) is 19.6. The van der Waals surface area contributed by atoms with Crippen LogP contribution in [-0.4, -0.2) is 23.2 Å². The van der Waals surface area contributed by atoms with Crippen LogP contribution in [0.3, 0.4) is 0 Å². The van der Waals surface area contributed by atoms with Crippen molar-refractivity contribution in [1.82, 2.24) is 9.78 Å². The highest BCUT2D eigenvalue weighted by Gasteiger charge is 2.10. The van der Waals surface area contributed by atoms with Gasteiger partial charge in [0, 0.05) is 12.1 Å². The Hall–Kier alpha value is -2.88. The number of methoxy groups -OCH3 is 1. The molecule has 3 rings (SSSR count). The maximum absolute atomic E-state index is 11.1. The maximum Gasteiger partial charge on any atom is 0.170 e. The van der Waals surface area contributed by atoms with E-state index in [1.54, 1.807) is 11.8 Å². The van der Waals surface area contributed by atoms with E-state index >= 15 is 0 Å². The van der Waals surface area contributed by atoms with Crippen LogP contribution in [0.5, 0.6) is 5.75 Å². The third-order valence-corrected chi connectivity index (χ3v) is 3.47. The standard InChI is InChI=1S/C18H16N2O2/c1-22-18-9-7-16(8-10-18)20-17(12-15(13-21)19-20)11-14-5-3-2-4-6-14/h2-10,12-13H,11H2,1H3. The molecule has 0 radical (unpaired) electrons. The monoisotopic (exact) mass is 292 g/mol. The normalized spacial score (nSPS) is 10.4. The molecule has 0 aliphatic rings. The molecule has 1 aromatic heterocycles. The zero-order valence-electron chi connectivity index (χ0n) is 12.3. The highest BCUT2D eigenvalue weighted by molar-refractivity contribution is 5.72. The summed E-state index contributed by atoms with van der Waals surface area (Å²) < 4.78 is 6.97. The number of benzene rings is 2. The second-order valence-corrected chi connectivity index (χ2v) is 4.95. The molecule has 0 fully saturated rings. The van der Waals surface area contributed by atoms with Crippen molar-refractivity contribution in [3.05, 3.63) is 77.6 Å². The highest BCUT2D eigenvalue weighted by Crippen LogP contribution is 2.19. The molecule has 2 aromatic carbocycles. The molecule has 0 amide bonds. The van der Waals surface area contributed by atoms with Gasteiger partial charge in [-0.05, 0) is 35.9 Å². The zero-order valence-corrected chi connectivity index (χ0v) is 12.3. The molecule has 22 heavy (non-hydrogen) atoms. The summed E-state index contributed by atoms with van der Waals surface area (Å²) in [5, 5.41) is 4.36. The second kappa shape index (κ2) is 6.26. The van der Waals surface area contributed by atoms with Crippen molar-refractivity contribution in [2.75, 3.05) is 7.11 Å². The maximum atomic E-state index is 11.1. The molecule has 0 aliphatic heterocycles. The van der Waals surface area contributed by atoms with E-state index in [-0.39, 0.29) is 0 Å². The summed E-state index contributed by atoms with van der Waals surface area (Å²) in [5.74, 6) is 0.788. The molecule has 4 heteroatoms. The van der Waals surface area contributed by atoms with E-state index in [4.69, 9.17) is 4.74 Å². The van der Waals surface area contributed by atoms with Gasteiger partial charge in [-0.15, -0.1) is 0 Å². The van der Waals surface area contributed by atoms with Crippen molar-refractivity contribution >= 4 is 6.29 Å². The number of aldehydes is 1. The largest absolute Gasteiger partial charge is 0.497 e. The molecule has 4 nitrogen and oxygen atoms in total. The van der Waals surface area contributed by atoms with Crippen LogP contribution < -0.4 is 4.74 Å². The number of carbonyl (C=O) groups excluding carboxylic acids is 1. The molecule has 0 aliphatic carbocycles. The molecule has 0 saturated carbocycles. The van der Waals surface area contributed by atoms with Crippen molar-refractivity contribution in [2.24, 2.45) is 0 Å². The molecule has 3 aromatic rings. The summed E-state index contributed by atoms with van der Waals surface area (Å²) in [5.41, 5.74) is 3.48. The minimum Gasteiger partial charge on any atom is -0.497 e. The number of hydrogen-bond acceptors (Lipinski definition) is 3. The first-order valence-electron chi connectivity index (χ1n) is 7.02. The lowest BCUT2D eigenvalue weighted by Crippen LogP contribution is -2.03. The van der Waals surface area contributed by atoms with E-state index in [1.165, 1.54) is 5.56 Å². The van der Waals surface area contributed by atoms with Gasteiger partial charge in [0.15, 0.2) is 6.29 Å². The van der Waals surface area contributed by atoms with Crippen LogP contribution in [0.25, 0.3) is 5.69 Å². The Kier molecular flexibility index (Phi) is 4.01. The summed E-state index contributed by atoms with van der Waals surface area (Å²) in [4.78, 5) is 11.1. The fraction of sp³-hybridized carbons (Fsp3) is 0.111. The van der Waals surface area contributed by atoms with Gasteiger partial charge in [-0.1, -0.05) is 30.3 Å². The third-order valence-electron chi connectivity index (χ3n) is 3.47. The average Bonchev–Trinajstić information content (AvgIpc) is 2.99. The van der Waals surface area contributed by atoms with Gasteiger partial charge in [0.1, 0.15) is 11.4 Å². The Labute approximate surface area is 129 Å². The fourth-order valence-electron chi connectivity index (χ4n) is 2.38. The zero-order chi connectivity index (χ0) is 15.4. The first kappa shape index (κ1) is 14.1. The Balaban J connectivity index is 1.98.